The molecule has 0 unspecified atom stereocenters. The maximum atomic E-state index is 13.5. The van der Waals surface area contributed by atoms with Gasteiger partial charge in [0.15, 0.2) is 0 Å². The molecule has 8 nitrogen and oxygen atoms in total. The van der Waals surface area contributed by atoms with Crippen LogP contribution in [0.3, 0.4) is 0 Å². The Morgan fingerprint density at radius 1 is 0.872 bits per heavy atom. The maximum Gasteiger partial charge on any atom is 0.321 e. The summed E-state index contributed by atoms with van der Waals surface area (Å²) in [5, 5.41) is 13.8. The van der Waals surface area contributed by atoms with Crippen molar-refractivity contribution < 1.29 is 9.53 Å². The van der Waals surface area contributed by atoms with Gasteiger partial charge in [-0.05, 0) is 58.8 Å². The molecule has 0 bridgehead atoms. The number of hydrogen-bond acceptors (Lipinski definition) is 5. The number of rotatable bonds is 7. The van der Waals surface area contributed by atoms with Crippen LogP contribution in [0.2, 0.25) is 0 Å². The van der Waals surface area contributed by atoms with E-state index in [1.165, 1.54) is 0 Å². The Hall–Kier alpha value is -5.50. The summed E-state index contributed by atoms with van der Waals surface area (Å²) in [7, 11) is 0. The van der Waals surface area contributed by atoms with Crippen molar-refractivity contribution >= 4 is 39.1 Å². The fourth-order valence-corrected chi connectivity index (χ4v) is 4.66. The molecule has 2 aromatic heterocycles. The van der Waals surface area contributed by atoms with Crippen molar-refractivity contribution in [3.05, 3.63) is 126 Å². The number of anilines is 1. The first-order chi connectivity index (χ1) is 19.0. The van der Waals surface area contributed by atoms with E-state index in [-0.39, 0.29) is 17.8 Å². The van der Waals surface area contributed by atoms with E-state index >= 15 is 0 Å². The smallest absolute Gasteiger partial charge is 0.321 e. The molecule has 0 saturated heterocycles. The Morgan fingerprint density at radius 2 is 1.64 bits per heavy atom. The lowest BCUT2D eigenvalue weighted by molar-refractivity contribution is 0.101. The first-order valence-electron chi connectivity index (χ1n) is 12.4. The highest BCUT2D eigenvalue weighted by Gasteiger charge is 2.19. The minimum Gasteiger partial charge on any atom is -0.424 e. The Morgan fingerprint density at radius 3 is 2.44 bits per heavy atom. The number of fused-ring (bicyclic) bond motifs is 2. The summed E-state index contributed by atoms with van der Waals surface area (Å²) in [5.41, 5.74) is 9.31. The summed E-state index contributed by atoms with van der Waals surface area (Å²) >= 11 is 0. The van der Waals surface area contributed by atoms with E-state index in [1.54, 1.807) is 24.5 Å². The van der Waals surface area contributed by atoms with Crippen LogP contribution in [-0.4, -0.2) is 26.3 Å². The van der Waals surface area contributed by atoms with Gasteiger partial charge in [-0.1, -0.05) is 54.6 Å². The second kappa shape index (κ2) is 10.1. The monoisotopic (exact) mass is 512 g/mol. The van der Waals surface area contributed by atoms with Gasteiger partial charge in [0.2, 0.25) is 0 Å². The second-order valence-electron chi connectivity index (χ2n) is 9.06. The number of nitrogen functional groups attached to an aromatic ring is 1. The number of nitrogens with zero attached hydrogens (tertiary/aromatic N) is 3. The zero-order valence-corrected chi connectivity index (χ0v) is 20.8. The van der Waals surface area contributed by atoms with Crippen LogP contribution in [0.5, 0.6) is 11.8 Å². The molecule has 0 spiro atoms. The van der Waals surface area contributed by atoms with Crippen LogP contribution < -0.4 is 15.8 Å². The molecular formula is C31H24N6O2. The molecule has 0 radical (unpaired) electrons. The van der Waals surface area contributed by atoms with Crippen LogP contribution in [-0.2, 0) is 6.54 Å². The molecule has 2 heterocycles. The SMILES string of the molecule is N=C(N)c1ccc2cc(C(=O)Nc3ccccc3)n(Cc3cc(Oc4ncccn4)cc4ccccc34)c2c1. The molecule has 0 fully saturated rings. The number of carbonyl (C=O) groups is 1. The van der Waals surface area contributed by atoms with E-state index in [1.807, 2.05) is 89.5 Å². The lowest BCUT2D eigenvalue weighted by Gasteiger charge is -2.15. The van der Waals surface area contributed by atoms with Gasteiger partial charge in [0, 0.05) is 41.1 Å². The molecule has 8 heteroatoms. The number of carbonyl (C=O) groups excluding carboxylic acids is 1. The number of hydrogen-bond donors (Lipinski definition) is 3. The lowest BCUT2D eigenvalue weighted by atomic mass is 10.0. The number of para-hydroxylation sites is 1. The minimum atomic E-state index is -0.240. The van der Waals surface area contributed by atoms with Crippen LogP contribution in [0.1, 0.15) is 21.6 Å². The summed E-state index contributed by atoms with van der Waals surface area (Å²) < 4.78 is 7.93. The van der Waals surface area contributed by atoms with Crippen molar-refractivity contribution in [1.29, 1.82) is 5.41 Å². The summed E-state index contributed by atoms with van der Waals surface area (Å²) in [6.07, 6.45) is 3.25. The third-order valence-electron chi connectivity index (χ3n) is 6.48. The Kier molecular flexibility index (Phi) is 6.18. The van der Waals surface area contributed by atoms with Crippen LogP contribution in [0.4, 0.5) is 5.69 Å². The molecule has 39 heavy (non-hydrogen) atoms. The topological polar surface area (TPSA) is 119 Å². The second-order valence-corrected chi connectivity index (χ2v) is 9.06. The van der Waals surface area contributed by atoms with Gasteiger partial charge in [-0.2, -0.15) is 0 Å². The highest BCUT2D eigenvalue weighted by Crippen LogP contribution is 2.31. The van der Waals surface area contributed by atoms with Crippen molar-refractivity contribution in [2.24, 2.45) is 5.73 Å². The van der Waals surface area contributed by atoms with E-state index in [0.29, 0.717) is 29.2 Å². The molecule has 4 N–H and O–H groups in total. The third kappa shape index (κ3) is 4.91. The van der Waals surface area contributed by atoms with Crippen LogP contribution in [0.15, 0.2) is 109 Å². The predicted molar refractivity (Wildman–Crippen MR) is 153 cm³/mol. The average molecular weight is 513 g/mol. The lowest BCUT2D eigenvalue weighted by Crippen LogP contribution is -2.18. The molecule has 4 aromatic carbocycles. The zero-order valence-electron chi connectivity index (χ0n) is 20.8. The number of amidine groups is 1. The van der Waals surface area contributed by atoms with Crippen LogP contribution >= 0.6 is 0 Å². The molecule has 6 aromatic rings. The standard InChI is InChI=1S/C31H24N6O2/c32-29(33)22-12-11-21-17-28(30(38)36-24-8-2-1-3-9-24)37(27(21)18-22)19-23-16-25(39-31-34-13-6-14-35-31)15-20-7-4-5-10-26(20)23/h1-18H,19H2,(H3,32,33)(H,36,38). The molecule has 0 saturated carbocycles. The van der Waals surface area contributed by atoms with Gasteiger partial charge in [0.25, 0.3) is 5.91 Å². The van der Waals surface area contributed by atoms with Crippen LogP contribution in [0, 0.1) is 5.41 Å². The molecule has 1 amide bonds. The fourth-order valence-electron chi connectivity index (χ4n) is 4.66. The van der Waals surface area contributed by atoms with Gasteiger partial charge in [-0.3, -0.25) is 10.2 Å². The molecule has 0 aliphatic rings. The molecule has 6 rings (SSSR count). The van der Waals surface area contributed by atoms with Gasteiger partial charge in [0.1, 0.15) is 17.3 Å². The van der Waals surface area contributed by atoms with E-state index < -0.39 is 0 Å². The van der Waals surface area contributed by atoms with Crippen molar-refractivity contribution in [2.75, 3.05) is 5.32 Å². The molecule has 190 valence electrons. The van der Waals surface area contributed by atoms with E-state index in [2.05, 4.69) is 15.3 Å². The largest absolute Gasteiger partial charge is 0.424 e. The predicted octanol–water partition coefficient (Wildman–Crippen LogP) is 5.96. The zero-order chi connectivity index (χ0) is 26.8. The number of ether oxygens (including phenoxy) is 1. The van der Waals surface area contributed by atoms with E-state index in [0.717, 1.165) is 27.2 Å². The first-order valence-corrected chi connectivity index (χ1v) is 12.4. The summed E-state index contributed by atoms with van der Waals surface area (Å²) in [6.45, 7) is 0.371. The van der Waals surface area contributed by atoms with Crippen molar-refractivity contribution in [3.8, 4) is 11.8 Å². The van der Waals surface area contributed by atoms with Crippen LogP contribution in [0.25, 0.3) is 21.7 Å². The summed E-state index contributed by atoms with van der Waals surface area (Å²) in [4.78, 5) is 21.9. The molecule has 0 atom stereocenters. The minimum absolute atomic E-state index is 0.0383. The van der Waals surface area contributed by atoms with Gasteiger partial charge >= 0.3 is 6.01 Å². The number of nitrogens with one attached hydrogen (secondary N) is 2. The van der Waals surface area contributed by atoms with Gasteiger partial charge in [-0.15, -0.1) is 0 Å². The van der Waals surface area contributed by atoms with Gasteiger partial charge in [0.05, 0.1) is 0 Å². The highest BCUT2D eigenvalue weighted by molar-refractivity contribution is 6.07. The number of benzene rings is 4. The van der Waals surface area contributed by atoms with E-state index in [9.17, 15) is 4.79 Å². The third-order valence-corrected chi connectivity index (χ3v) is 6.48. The average Bonchev–Trinajstić information content (AvgIpc) is 3.32. The van der Waals surface area contributed by atoms with E-state index in [4.69, 9.17) is 15.9 Å². The highest BCUT2D eigenvalue weighted by atomic mass is 16.5. The molecule has 0 aliphatic carbocycles. The number of nitrogens with two attached hydrogens (primary N) is 1. The van der Waals surface area contributed by atoms with Gasteiger partial charge < -0.3 is 20.4 Å². The Bertz CT molecular complexity index is 1830. The van der Waals surface area contributed by atoms with Crippen molar-refractivity contribution in [3.63, 3.8) is 0 Å². The molecular weight excluding hydrogens is 488 g/mol. The first kappa shape index (κ1) is 23.9. The normalized spacial score (nSPS) is 11.0. The summed E-state index contributed by atoms with van der Waals surface area (Å²) in [5.74, 6) is 0.311. The maximum absolute atomic E-state index is 13.5. The number of amides is 1. The fraction of sp³-hybridized carbons (Fsp3) is 0.0323. The quantitative estimate of drug-likeness (QED) is 0.180. The van der Waals surface area contributed by atoms with Crippen molar-refractivity contribution in [1.82, 2.24) is 14.5 Å². The number of aromatic nitrogens is 3. The van der Waals surface area contributed by atoms with Gasteiger partial charge in [-0.25, -0.2) is 9.97 Å². The Balaban J connectivity index is 1.48. The van der Waals surface area contributed by atoms with Crippen molar-refractivity contribution in [2.45, 2.75) is 6.54 Å². The Labute approximate surface area is 224 Å². The summed E-state index contributed by atoms with van der Waals surface area (Å²) in [6, 6.07) is 30.6. The molecule has 0 aliphatic heterocycles.